The third kappa shape index (κ3) is 5.37. The number of likely N-dealkylation sites (tertiary alicyclic amines) is 1. The molecule has 5 nitrogen and oxygen atoms in total. The van der Waals surface area contributed by atoms with Gasteiger partial charge < -0.3 is 13.7 Å². The molecule has 0 saturated carbocycles. The fourth-order valence-corrected chi connectivity index (χ4v) is 5.65. The molecule has 35 heavy (non-hydrogen) atoms. The smallest absolute Gasteiger partial charge is 0.339 e. The molecule has 0 atom stereocenters. The van der Waals surface area contributed by atoms with Crippen LogP contribution in [-0.4, -0.2) is 38.0 Å². The van der Waals surface area contributed by atoms with Crippen LogP contribution in [0.2, 0.25) is 0 Å². The number of benzene rings is 3. The highest BCUT2D eigenvalue weighted by molar-refractivity contribution is 7.87. The molecule has 8 heteroatoms. The molecule has 5 rings (SSSR count). The lowest BCUT2D eigenvalue weighted by atomic mass is 9.89. The summed E-state index contributed by atoms with van der Waals surface area (Å²) in [6.45, 7) is 2.41. The minimum atomic E-state index is -3.94. The summed E-state index contributed by atoms with van der Waals surface area (Å²) in [5.74, 6) is 0.384. The first-order valence-electron chi connectivity index (χ1n) is 11.4. The lowest BCUT2D eigenvalue weighted by molar-refractivity contribution is 0.256. The molecule has 1 aliphatic heterocycles. The van der Waals surface area contributed by atoms with Gasteiger partial charge in [-0.25, -0.2) is 4.39 Å². The van der Waals surface area contributed by atoms with Crippen molar-refractivity contribution in [1.29, 1.82) is 0 Å². The molecule has 0 radical (unpaired) electrons. The molecule has 4 aromatic rings. The van der Waals surface area contributed by atoms with Gasteiger partial charge in [0.1, 0.15) is 16.5 Å². The molecule has 0 N–H and O–H groups in total. The van der Waals surface area contributed by atoms with Crippen LogP contribution in [0.5, 0.6) is 5.75 Å². The number of hydrogen-bond donors (Lipinski definition) is 0. The monoisotopic (exact) mass is 514 g/mol. The maximum atomic E-state index is 14.4. The van der Waals surface area contributed by atoms with Crippen LogP contribution in [0.3, 0.4) is 0 Å². The van der Waals surface area contributed by atoms with E-state index >= 15 is 0 Å². The van der Waals surface area contributed by atoms with Gasteiger partial charge in [0, 0.05) is 22.7 Å². The molecular formula is C27H28ClFN2O3S. The van der Waals surface area contributed by atoms with Crippen LogP contribution >= 0.6 is 12.4 Å². The molecule has 0 unspecified atom stereocenters. The van der Waals surface area contributed by atoms with Crippen LogP contribution in [0.1, 0.15) is 29.9 Å². The van der Waals surface area contributed by atoms with Crippen molar-refractivity contribution >= 4 is 33.4 Å². The number of hydrogen-bond acceptors (Lipinski definition) is 4. The van der Waals surface area contributed by atoms with Gasteiger partial charge >= 0.3 is 10.1 Å². The lowest BCUT2D eigenvalue weighted by Crippen LogP contribution is -2.29. The minimum Gasteiger partial charge on any atom is -0.379 e. The molecule has 0 amide bonds. The summed E-state index contributed by atoms with van der Waals surface area (Å²) in [5, 5.41) is 0.951. The topological polar surface area (TPSA) is 51.5 Å². The molecule has 0 spiro atoms. The molecular weight excluding hydrogens is 487 g/mol. The first kappa shape index (κ1) is 25.2. The Balaban J connectivity index is 0.00000289. The van der Waals surface area contributed by atoms with Crippen molar-refractivity contribution in [2.45, 2.75) is 30.2 Å². The highest BCUT2D eigenvalue weighted by Crippen LogP contribution is 2.37. The maximum Gasteiger partial charge on any atom is 0.339 e. The van der Waals surface area contributed by atoms with Gasteiger partial charge in [-0.2, -0.15) is 8.42 Å². The third-order valence-electron chi connectivity index (χ3n) is 6.58. The average molecular weight is 515 g/mol. The van der Waals surface area contributed by atoms with E-state index in [1.54, 1.807) is 42.5 Å². The zero-order valence-corrected chi connectivity index (χ0v) is 21.1. The lowest BCUT2D eigenvalue weighted by Gasteiger charge is -2.28. The summed E-state index contributed by atoms with van der Waals surface area (Å²) in [5.41, 5.74) is 2.70. The number of nitrogens with zero attached hydrogens (tertiary/aromatic N) is 2. The second-order valence-corrected chi connectivity index (χ2v) is 10.5. The molecule has 184 valence electrons. The van der Waals surface area contributed by atoms with E-state index in [4.69, 9.17) is 4.18 Å². The first-order valence-corrected chi connectivity index (χ1v) is 12.9. The molecule has 1 saturated heterocycles. The number of aromatic nitrogens is 1. The van der Waals surface area contributed by atoms with Gasteiger partial charge in [-0.3, -0.25) is 0 Å². The highest BCUT2D eigenvalue weighted by Gasteiger charge is 2.24. The normalized spacial score (nSPS) is 15.1. The van der Waals surface area contributed by atoms with Crippen LogP contribution in [0, 0.1) is 5.82 Å². The van der Waals surface area contributed by atoms with E-state index in [0.29, 0.717) is 18.0 Å². The summed E-state index contributed by atoms with van der Waals surface area (Å²) in [4.78, 5) is 2.43. The predicted octanol–water partition coefficient (Wildman–Crippen LogP) is 5.83. The van der Waals surface area contributed by atoms with E-state index in [2.05, 4.69) is 22.7 Å². The van der Waals surface area contributed by atoms with Gasteiger partial charge in [0.15, 0.2) is 0 Å². The molecule has 0 aliphatic carbocycles. The SMILES string of the molecule is CN1CCC(c2cn(Cc3ccccc3F)c3ccc(OS(=O)(=O)c4ccccc4)cc23)CC1.Cl. The Morgan fingerprint density at radius 3 is 2.37 bits per heavy atom. The van der Waals surface area contributed by atoms with E-state index < -0.39 is 10.1 Å². The number of fused-ring (bicyclic) bond motifs is 1. The third-order valence-corrected chi connectivity index (χ3v) is 7.84. The van der Waals surface area contributed by atoms with Gasteiger partial charge in [0.05, 0.1) is 6.54 Å². The molecule has 1 aromatic heterocycles. The quantitative estimate of drug-likeness (QED) is 0.304. The van der Waals surface area contributed by atoms with Crippen molar-refractivity contribution in [2.24, 2.45) is 0 Å². The van der Waals surface area contributed by atoms with Crippen LogP contribution in [0.25, 0.3) is 10.9 Å². The zero-order chi connectivity index (χ0) is 23.7. The second kappa shape index (κ2) is 10.4. The standard InChI is InChI=1S/C27H27FN2O3S.ClH/c1-29-15-13-20(14-16-29)25-19-30(18-21-7-5-6-10-26(21)28)27-12-11-22(17-24(25)27)33-34(31,32)23-8-3-2-4-9-23;/h2-12,17,19-20H,13-16,18H2,1H3;1H. The Morgan fingerprint density at radius 2 is 1.66 bits per heavy atom. The van der Waals surface area contributed by atoms with Gasteiger partial charge in [-0.15, -0.1) is 12.4 Å². The molecule has 2 heterocycles. The second-order valence-electron chi connectivity index (χ2n) is 8.91. The first-order chi connectivity index (χ1) is 16.4. The van der Waals surface area contributed by atoms with E-state index in [1.165, 1.54) is 18.2 Å². The van der Waals surface area contributed by atoms with Crippen molar-refractivity contribution in [3.63, 3.8) is 0 Å². The number of halogens is 2. The molecule has 1 fully saturated rings. The average Bonchev–Trinajstić information content (AvgIpc) is 3.19. The van der Waals surface area contributed by atoms with Crippen molar-refractivity contribution in [2.75, 3.05) is 20.1 Å². The Kier molecular flexibility index (Phi) is 7.50. The van der Waals surface area contributed by atoms with E-state index in [1.807, 2.05) is 12.1 Å². The Labute approximate surface area is 211 Å². The summed E-state index contributed by atoms with van der Waals surface area (Å²) in [6.07, 6.45) is 4.13. The van der Waals surface area contributed by atoms with Gasteiger partial charge in [-0.05, 0) is 80.9 Å². The Hall–Kier alpha value is -2.87. The maximum absolute atomic E-state index is 14.4. The Morgan fingerprint density at radius 1 is 0.971 bits per heavy atom. The van der Waals surface area contributed by atoms with Crippen LogP contribution in [0.4, 0.5) is 4.39 Å². The summed E-state index contributed by atoms with van der Waals surface area (Å²) in [7, 11) is -1.81. The van der Waals surface area contributed by atoms with E-state index in [-0.39, 0.29) is 28.9 Å². The van der Waals surface area contributed by atoms with Crippen molar-refractivity contribution in [3.05, 3.63) is 95.9 Å². The van der Waals surface area contributed by atoms with E-state index in [9.17, 15) is 12.8 Å². The van der Waals surface area contributed by atoms with Crippen molar-refractivity contribution < 1.29 is 17.0 Å². The van der Waals surface area contributed by atoms with Crippen LogP contribution in [0.15, 0.2) is 83.9 Å². The van der Waals surface area contributed by atoms with Gasteiger partial charge in [0.2, 0.25) is 0 Å². The van der Waals surface area contributed by atoms with Gasteiger partial charge in [-0.1, -0.05) is 36.4 Å². The van der Waals surface area contributed by atoms with Crippen LogP contribution < -0.4 is 4.18 Å². The Bertz CT molecular complexity index is 1420. The number of rotatable bonds is 6. The number of piperidine rings is 1. The molecule has 1 aliphatic rings. The van der Waals surface area contributed by atoms with E-state index in [0.717, 1.165) is 42.4 Å². The largest absolute Gasteiger partial charge is 0.379 e. The predicted molar refractivity (Wildman–Crippen MR) is 138 cm³/mol. The fraction of sp³-hybridized carbons (Fsp3) is 0.259. The summed E-state index contributed by atoms with van der Waals surface area (Å²) >= 11 is 0. The van der Waals surface area contributed by atoms with Gasteiger partial charge in [0.25, 0.3) is 0 Å². The minimum absolute atomic E-state index is 0. The summed E-state index contributed by atoms with van der Waals surface area (Å²) in [6, 6.07) is 20.3. The molecule has 0 bridgehead atoms. The van der Waals surface area contributed by atoms with Crippen molar-refractivity contribution in [3.8, 4) is 5.75 Å². The fourth-order valence-electron chi connectivity index (χ4n) is 4.70. The summed E-state index contributed by atoms with van der Waals surface area (Å²) < 4.78 is 47.5. The van der Waals surface area contributed by atoms with Crippen molar-refractivity contribution in [1.82, 2.24) is 9.47 Å². The highest BCUT2D eigenvalue weighted by atomic mass is 35.5. The molecule has 3 aromatic carbocycles. The zero-order valence-electron chi connectivity index (χ0n) is 19.4. The van der Waals surface area contributed by atoms with Crippen LogP contribution in [-0.2, 0) is 16.7 Å².